The molecule has 0 fully saturated rings. The van der Waals surface area contributed by atoms with E-state index in [-0.39, 0.29) is 11.5 Å². The molecule has 21 heavy (non-hydrogen) atoms. The Balaban J connectivity index is 2.37. The summed E-state index contributed by atoms with van der Waals surface area (Å²) in [5, 5.41) is 1.68. The Bertz CT molecular complexity index is 712. The lowest BCUT2D eigenvalue weighted by molar-refractivity contribution is 0.0591. The SMILES string of the molecule is COC(=O)c1nc(Cc2ccc(Cl)cc2Cl)sc1C(C)=O. The highest BCUT2D eigenvalue weighted by atomic mass is 35.5. The number of esters is 1. The maximum Gasteiger partial charge on any atom is 0.358 e. The van der Waals surface area contributed by atoms with Gasteiger partial charge in [-0.05, 0) is 17.7 Å². The fraction of sp³-hybridized carbons (Fsp3) is 0.214. The van der Waals surface area contributed by atoms with Crippen molar-refractivity contribution >= 4 is 46.3 Å². The summed E-state index contributed by atoms with van der Waals surface area (Å²) in [7, 11) is 1.25. The first-order valence-corrected chi connectivity index (χ1v) is 7.52. The summed E-state index contributed by atoms with van der Waals surface area (Å²) in [6.07, 6.45) is 0.415. The van der Waals surface area contributed by atoms with Crippen LogP contribution in [-0.4, -0.2) is 23.8 Å². The summed E-state index contributed by atoms with van der Waals surface area (Å²) in [5.41, 5.74) is 0.872. The van der Waals surface area contributed by atoms with E-state index in [1.54, 1.807) is 18.2 Å². The average molecular weight is 344 g/mol. The molecule has 2 rings (SSSR count). The van der Waals surface area contributed by atoms with Crippen molar-refractivity contribution in [3.05, 3.63) is 49.4 Å². The Morgan fingerprint density at radius 1 is 1.33 bits per heavy atom. The molecular formula is C14H11Cl2NO3S. The second-order valence-electron chi connectivity index (χ2n) is 4.25. The number of rotatable bonds is 4. The van der Waals surface area contributed by atoms with Gasteiger partial charge in [0.2, 0.25) is 0 Å². The molecule has 0 atom stereocenters. The van der Waals surface area contributed by atoms with Crippen molar-refractivity contribution in [3.63, 3.8) is 0 Å². The zero-order valence-corrected chi connectivity index (χ0v) is 13.6. The Hall–Kier alpha value is -1.43. The van der Waals surface area contributed by atoms with E-state index >= 15 is 0 Å². The fourth-order valence-corrected chi connectivity index (χ4v) is 3.19. The zero-order valence-electron chi connectivity index (χ0n) is 11.3. The minimum absolute atomic E-state index is 0.0510. The third-order valence-corrected chi connectivity index (χ3v) is 4.47. The molecule has 0 aliphatic carbocycles. The summed E-state index contributed by atoms with van der Waals surface area (Å²) < 4.78 is 4.64. The first-order valence-electron chi connectivity index (χ1n) is 5.95. The topological polar surface area (TPSA) is 56.3 Å². The van der Waals surface area contributed by atoms with E-state index in [2.05, 4.69) is 9.72 Å². The van der Waals surface area contributed by atoms with Gasteiger partial charge in [-0.25, -0.2) is 9.78 Å². The summed E-state index contributed by atoms with van der Waals surface area (Å²) in [5.74, 6) is -0.841. The molecule has 1 aromatic heterocycles. The van der Waals surface area contributed by atoms with Crippen LogP contribution < -0.4 is 0 Å². The lowest BCUT2D eigenvalue weighted by atomic mass is 10.1. The molecule has 1 aromatic carbocycles. The van der Waals surface area contributed by atoms with Crippen LogP contribution in [0.4, 0.5) is 0 Å². The Labute approximate surface area is 135 Å². The molecule has 0 spiro atoms. The van der Waals surface area contributed by atoms with Gasteiger partial charge in [0, 0.05) is 23.4 Å². The number of ether oxygens (including phenoxy) is 1. The third kappa shape index (κ3) is 3.61. The maximum atomic E-state index is 11.6. The number of thiazole rings is 1. The van der Waals surface area contributed by atoms with Gasteiger partial charge in [-0.1, -0.05) is 29.3 Å². The summed E-state index contributed by atoms with van der Waals surface area (Å²) in [6.45, 7) is 1.39. The van der Waals surface area contributed by atoms with Crippen LogP contribution >= 0.6 is 34.5 Å². The van der Waals surface area contributed by atoms with Crippen molar-refractivity contribution in [3.8, 4) is 0 Å². The fourth-order valence-electron chi connectivity index (χ4n) is 1.74. The number of Topliss-reactive ketones (excluding diaryl/α,β-unsaturated/α-hetero) is 1. The zero-order chi connectivity index (χ0) is 15.6. The number of hydrogen-bond donors (Lipinski definition) is 0. The molecule has 0 saturated heterocycles. The number of halogens is 2. The molecule has 0 aliphatic heterocycles. The molecule has 0 N–H and O–H groups in total. The number of benzene rings is 1. The highest BCUT2D eigenvalue weighted by Gasteiger charge is 2.22. The molecule has 2 aromatic rings. The average Bonchev–Trinajstić information content (AvgIpc) is 2.85. The normalized spacial score (nSPS) is 10.5. The third-order valence-electron chi connectivity index (χ3n) is 2.73. The number of carbonyl (C=O) groups excluding carboxylic acids is 2. The molecule has 0 saturated carbocycles. The standard InChI is InChI=1S/C14H11Cl2NO3S/c1-7(18)13-12(14(19)20-2)17-11(21-13)5-8-3-4-9(15)6-10(8)16/h3-4,6H,5H2,1-2H3. The van der Waals surface area contributed by atoms with Crippen molar-refractivity contribution in [2.24, 2.45) is 0 Å². The van der Waals surface area contributed by atoms with Crippen molar-refractivity contribution in [1.82, 2.24) is 4.98 Å². The minimum atomic E-state index is -0.620. The van der Waals surface area contributed by atoms with Crippen LogP contribution in [0.5, 0.6) is 0 Å². The number of nitrogens with zero attached hydrogens (tertiary/aromatic N) is 1. The van der Waals surface area contributed by atoms with Gasteiger partial charge in [0.05, 0.1) is 12.1 Å². The Kier molecular flexibility index (Phi) is 4.98. The first kappa shape index (κ1) is 15.9. The first-order chi connectivity index (χ1) is 9.92. The molecule has 0 amide bonds. The Morgan fingerprint density at radius 2 is 2.05 bits per heavy atom. The van der Waals surface area contributed by atoms with E-state index < -0.39 is 5.97 Å². The number of aromatic nitrogens is 1. The second kappa shape index (κ2) is 6.56. The molecule has 1 heterocycles. The predicted molar refractivity (Wildman–Crippen MR) is 82.7 cm³/mol. The molecular weight excluding hydrogens is 333 g/mol. The second-order valence-corrected chi connectivity index (χ2v) is 6.17. The van der Waals surface area contributed by atoms with Gasteiger partial charge in [0.15, 0.2) is 11.5 Å². The quantitative estimate of drug-likeness (QED) is 0.621. The van der Waals surface area contributed by atoms with E-state index in [0.717, 1.165) is 5.56 Å². The van der Waals surface area contributed by atoms with Crippen LogP contribution in [-0.2, 0) is 11.2 Å². The highest BCUT2D eigenvalue weighted by Crippen LogP contribution is 2.27. The van der Waals surface area contributed by atoms with Gasteiger partial charge in [0.1, 0.15) is 4.88 Å². The van der Waals surface area contributed by atoms with Crippen LogP contribution in [0.3, 0.4) is 0 Å². The van der Waals surface area contributed by atoms with Crippen LogP contribution in [0.1, 0.15) is 37.7 Å². The summed E-state index contributed by atoms with van der Waals surface area (Å²) >= 11 is 13.1. The van der Waals surface area contributed by atoms with Gasteiger partial charge in [-0.15, -0.1) is 11.3 Å². The monoisotopic (exact) mass is 343 g/mol. The summed E-state index contributed by atoms with van der Waals surface area (Å²) in [4.78, 5) is 27.7. The lowest BCUT2D eigenvalue weighted by Crippen LogP contribution is -2.07. The van der Waals surface area contributed by atoms with E-state index in [9.17, 15) is 9.59 Å². The number of carbonyl (C=O) groups is 2. The van der Waals surface area contributed by atoms with Crippen molar-refractivity contribution in [2.45, 2.75) is 13.3 Å². The molecule has 0 bridgehead atoms. The predicted octanol–water partition coefficient (Wildman–Crippen LogP) is 4.03. The van der Waals surface area contributed by atoms with E-state index in [4.69, 9.17) is 23.2 Å². The van der Waals surface area contributed by atoms with Gasteiger partial charge in [-0.2, -0.15) is 0 Å². The smallest absolute Gasteiger partial charge is 0.358 e. The number of methoxy groups -OCH3 is 1. The van der Waals surface area contributed by atoms with Gasteiger partial charge in [0.25, 0.3) is 0 Å². The van der Waals surface area contributed by atoms with E-state index in [0.29, 0.717) is 26.4 Å². The molecule has 110 valence electrons. The molecule has 4 nitrogen and oxygen atoms in total. The van der Waals surface area contributed by atoms with Crippen molar-refractivity contribution in [2.75, 3.05) is 7.11 Å². The van der Waals surface area contributed by atoms with Crippen LogP contribution in [0, 0.1) is 0 Å². The van der Waals surface area contributed by atoms with Crippen molar-refractivity contribution < 1.29 is 14.3 Å². The van der Waals surface area contributed by atoms with Crippen molar-refractivity contribution in [1.29, 1.82) is 0 Å². The Morgan fingerprint density at radius 3 is 2.62 bits per heavy atom. The maximum absolute atomic E-state index is 11.6. The van der Waals surface area contributed by atoms with Crippen LogP contribution in [0.25, 0.3) is 0 Å². The lowest BCUT2D eigenvalue weighted by Gasteiger charge is -2.01. The molecule has 0 unspecified atom stereocenters. The van der Waals surface area contributed by atoms with E-state index in [1.807, 2.05) is 0 Å². The number of ketones is 1. The summed E-state index contributed by atoms with van der Waals surface area (Å²) in [6, 6.07) is 5.15. The number of hydrogen-bond acceptors (Lipinski definition) is 5. The molecule has 0 radical (unpaired) electrons. The van der Waals surface area contributed by atoms with Crippen LogP contribution in [0.15, 0.2) is 18.2 Å². The highest BCUT2D eigenvalue weighted by molar-refractivity contribution is 7.14. The van der Waals surface area contributed by atoms with Gasteiger partial charge >= 0.3 is 5.97 Å². The van der Waals surface area contributed by atoms with Gasteiger partial charge in [-0.3, -0.25) is 4.79 Å². The molecule has 0 aliphatic rings. The molecule has 7 heteroatoms. The van der Waals surface area contributed by atoms with Crippen LogP contribution in [0.2, 0.25) is 10.0 Å². The minimum Gasteiger partial charge on any atom is -0.464 e. The largest absolute Gasteiger partial charge is 0.464 e. The van der Waals surface area contributed by atoms with Gasteiger partial charge < -0.3 is 4.74 Å². The van der Waals surface area contributed by atoms with E-state index in [1.165, 1.54) is 25.4 Å².